The van der Waals surface area contributed by atoms with Crippen molar-refractivity contribution in [3.8, 4) is 0 Å². The Morgan fingerprint density at radius 2 is 2.18 bits per heavy atom. The molecular formula is C13H17BrN2O. The van der Waals surface area contributed by atoms with E-state index in [1.165, 1.54) is 5.56 Å². The molecule has 0 spiro atoms. The van der Waals surface area contributed by atoms with E-state index < -0.39 is 0 Å². The summed E-state index contributed by atoms with van der Waals surface area (Å²) in [5, 5.41) is 6.19. The van der Waals surface area contributed by atoms with Crippen LogP contribution in [-0.2, 0) is 4.79 Å². The minimum Gasteiger partial charge on any atom is -0.352 e. The second-order valence-electron chi connectivity index (χ2n) is 4.47. The lowest BCUT2D eigenvalue weighted by Gasteiger charge is -2.15. The molecule has 92 valence electrons. The molecule has 0 radical (unpaired) electrons. The van der Waals surface area contributed by atoms with Gasteiger partial charge in [0.2, 0.25) is 5.91 Å². The van der Waals surface area contributed by atoms with E-state index >= 15 is 0 Å². The Morgan fingerprint density at radius 3 is 2.82 bits per heavy atom. The topological polar surface area (TPSA) is 41.1 Å². The molecule has 0 aromatic heterocycles. The smallest absolute Gasteiger partial charge is 0.234 e. The highest BCUT2D eigenvalue weighted by Gasteiger charge is 2.23. The van der Waals surface area contributed by atoms with Crippen LogP contribution >= 0.6 is 15.9 Å². The summed E-state index contributed by atoms with van der Waals surface area (Å²) in [7, 11) is 0. The van der Waals surface area contributed by atoms with Crippen LogP contribution in [0.15, 0.2) is 28.7 Å². The van der Waals surface area contributed by atoms with E-state index in [4.69, 9.17) is 0 Å². The molecule has 2 N–H and O–H groups in total. The van der Waals surface area contributed by atoms with Crippen molar-refractivity contribution < 1.29 is 4.79 Å². The average Bonchev–Trinajstić information content (AvgIpc) is 3.10. The molecule has 0 aliphatic heterocycles. The van der Waals surface area contributed by atoms with Crippen LogP contribution in [0.3, 0.4) is 0 Å². The van der Waals surface area contributed by atoms with Crippen molar-refractivity contribution in [2.45, 2.75) is 31.8 Å². The SMILES string of the molecule is C[C@@H](NCC(=O)NC1CC1)c1ccccc1Br. The molecule has 1 aliphatic carbocycles. The van der Waals surface area contributed by atoms with Gasteiger partial charge in [-0.1, -0.05) is 34.1 Å². The third-order valence-corrected chi connectivity index (χ3v) is 3.61. The van der Waals surface area contributed by atoms with Gasteiger partial charge in [-0.15, -0.1) is 0 Å². The Bertz CT molecular complexity index is 404. The Kier molecular flexibility index (Phi) is 4.18. The van der Waals surface area contributed by atoms with E-state index in [-0.39, 0.29) is 11.9 Å². The predicted molar refractivity (Wildman–Crippen MR) is 71.7 cm³/mol. The maximum absolute atomic E-state index is 11.5. The van der Waals surface area contributed by atoms with Gasteiger partial charge >= 0.3 is 0 Å². The standard InChI is InChI=1S/C13H17BrN2O/c1-9(11-4-2-3-5-12(11)14)15-8-13(17)16-10-6-7-10/h2-5,9-10,15H,6-8H2,1H3,(H,16,17)/t9-/m1/s1. The first-order chi connectivity index (χ1) is 8.16. The minimum absolute atomic E-state index is 0.0893. The zero-order chi connectivity index (χ0) is 12.3. The lowest BCUT2D eigenvalue weighted by molar-refractivity contribution is -0.120. The number of rotatable bonds is 5. The summed E-state index contributed by atoms with van der Waals surface area (Å²) >= 11 is 3.51. The minimum atomic E-state index is 0.0893. The highest BCUT2D eigenvalue weighted by molar-refractivity contribution is 9.10. The zero-order valence-electron chi connectivity index (χ0n) is 9.87. The molecule has 1 saturated carbocycles. The molecular weight excluding hydrogens is 280 g/mol. The Labute approximate surface area is 110 Å². The number of nitrogens with one attached hydrogen (secondary N) is 2. The van der Waals surface area contributed by atoms with Crippen LogP contribution in [0.4, 0.5) is 0 Å². The molecule has 1 amide bonds. The number of benzene rings is 1. The van der Waals surface area contributed by atoms with Gasteiger partial charge < -0.3 is 10.6 Å². The predicted octanol–water partition coefficient (Wildman–Crippen LogP) is 2.38. The van der Waals surface area contributed by atoms with E-state index in [9.17, 15) is 4.79 Å². The van der Waals surface area contributed by atoms with Crippen LogP contribution in [0.25, 0.3) is 0 Å². The van der Waals surface area contributed by atoms with Crippen molar-refractivity contribution >= 4 is 21.8 Å². The van der Waals surface area contributed by atoms with Crippen molar-refractivity contribution in [3.63, 3.8) is 0 Å². The molecule has 1 aliphatic rings. The first-order valence-corrected chi connectivity index (χ1v) is 6.73. The van der Waals surface area contributed by atoms with Gasteiger partial charge in [-0.3, -0.25) is 4.79 Å². The van der Waals surface area contributed by atoms with Crippen molar-refractivity contribution in [1.29, 1.82) is 0 Å². The molecule has 1 aromatic carbocycles. The molecule has 4 heteroatoms. The van der Waals surface area contributed by atoms with Crippen molar-refractivity contribution in [1.82, 2.24) is 10.6 Å². The second-order valence-corrected chi connectivity index (χ2v) is 5.32. The number of carbonyl (C=O) groups excluding carboxylic acids is 1. The van der Waals surface area contributed by atoms with E-state index in [1.807, 2.05) is 18.2 Å². The monoisotopic (exact) mass is 296 g/mol. The molecule has 0 bridgehead atoms. The van der Waals surface area contributed by atoms with Gasteiger partial charge in [0.05, 0.1) is 6.54 Å². The fourth-order valence-electron chi connectivity index (χ4n) is 1.69. The maximum atomic E-state index is 11.5. The van der Waals surface area contributed by atoms with E-state index in [0.29, 0.717) is 12.6 Å². The summed E-state index contributed by atoms with van der Waals surface area (Å²) in [6.45, 7) is 2.43. The van der Waals surface area contributed by atoms with Gasteiger partial charge in [0, 0.05) is 16.6 Å². The van der Waals surface area contributed by atoms with Crippen LogP contribution in [0.5, 0.6) is 0 Å². The van der Waals surface area contributed by atoms with Crippen molar-refractivity contribution in [3.05, 3.63) is 34.3 Å². The number of halogens is 1. The van der Waals surface area contributed by atoms with Gasteiger partial charge in [-0.05, 0) is 31.4 Å². The van der Waals surface area contributed by atoms with E-state index in [1.54, 1.807) is 0 Å². The zero-order valence-corrected chi connectivity index (χ0v) is 11.5. The van der Waals surface area contributed by atoms with E-state index in [0.717, 1.165) is 17.3 Å². The molecule has 1 atom stereocenters. The fourth-order valence-corrected chi connectivity index (χ4v) is 2.32. The molecule has 2 rings (SSSR count). The van der Waals surface area contributed by atoms with Gasteiger partial charge in [0.15, 0.2) is 0 Å². The van der Waals surface area contributed by atoms with Crippen LogP contribution < -0.4 is 10.6 Å². The lowest BCUT2D eigenvalue weighted by Crippen LogP contribution is -2.36. The number of hydrogen-bond donors (Lipinski definition) is 2. The highest BCUT2D eigenvalue weighted by atomic mass is 79.9. The Balaban J connectivity index is 1.82. The summed E-state index contributed by atoms with van der Waals surface area (Å²) in [4.78, 5) is 11.5. The molecule has 0 saturated heterocycles. The molecule has 17 heavy (non-hydrogen) atoms. The Morgan fingerprint density at radius 1 is 1.47 bits per heavy atom. The first-order valence-electron chi connectivity index (χ1n) is 5.94. The quantitative estimate of drug-likeness (QED) is 0.876. The van der Waals surface area contributed by atoms with Crippen molar-refractivity contribution in [2.24, 2.45) is 0 Å². The molecule has 1 aromatic rings. The summed E-state index contributed by atoms with van der Waals surface area (Å²) in [5.41, 5.74) is 1.17. The molecule has 0 heterocycles. The van der Waals surface area contributed by atoms with Gasteiger partial charge in [-0.25, -0.2) is 0 Å². The first kappa shape index (κ1) is 12.6. The lowest BCUT2D eigenvalue weighted by atomic mass is 10.1. The number of hydrogen-bond acceptors (Lipinski definition) is 2. The van der Waals surface area contributed by atoms with Gasteiger partial charge in [0.25, 0.3) is 0 Å². The second kappa shape index (κ2) is 5.65. The summed E-state index contributed by atoms with van der Waals surface area (Å²) in [6, 6.07) is 8.65. The van der Waals surface area contributed by atoms with Crippen molar-refractivity contribution in [2.75, 3.05) is 6.54 Å². The van der Waals surface area contributed by atoms with Crippen LogP contribution in [0.1, 0.15) is 31.4 Å². The average molecular weight is 297 g/mol. The number of amides is 1. The van der Waals surface area contributed by atoms with Gasteiger partial charge in [-0.2, -0.15) is 0 Å². The summed E-state index contributed by atoms with van der Waals surface area (Å²) in [6.07, 6.45) is 2.26. The van der Waals surface area contributed by atoms with Crippen LogP contribution in [0, 0.1) is 0 Å². The number of carbonyl (C=O) groups is 1. The molecule has 1 fully saturated rings. The largest absolute Gasteiger partial charge is 0.352 e. The third kappa shape index (κ3) is 3.82. The highest BCUT2D eigenvalue weighted by Crippen LogP contribution is 2.22. The summed E-state index contributed by atoms with van der Waals surface area (Å²) in [5.74, 6) is 0.0893. The third-order valence-electron chi connectivity index (χ3n) is 2.88. The Hall–Kier alpha value is -0.870. The molecule has 3 nitrogen and oxygen atoms in total. The van der Waals surface area contributed by atoms with E-state index in [2.05, 4.69) is 39.6 Å². The summed E-state index contributed by atoms with van der Waals surface area (Å²) < 4.78 is 1.07. The van der Waals surface area contributed by atoms with Crippen LogP contribution in [-0.4, -0.2) is 18.5 Å². The fraction of sp³-hybridized carbons (Fsp3) is 0.462. The normalized spacial score (nSPS) is 16.6. The maximum Gasteiger partial charge on any atom is 0.234 e. The van der Waals surface area contributed by atoms with Crippen LogP contribution in [0.2, 0.25) is 0 Å². The molecule has 0 unspecified atom stereocenters. The van der Waals surface area contributed by atoms with Gasteiger partial charge in [0.1, 0.15) is 0 Å².